The minimum Gasteiger partial charge on any atom is -0.497 e. The first-order valence-corrected chi connectivity index (χ1v) is 10.6. The van der Waals surface area contributed by atoms with Gasteiger partial charge in [0.25, 0.3) is 5.22 Å². The van der Waals surface area contributed by atoms with Gasteiger partial charge < -0.3 is 23.4 Å². The molecule has 2 aromatic heterocycles. The van der Waals surface area contributed by atoms with E-state index in [1.165, 1.54) is 20.3 Å². The van der Waals surface area contributed by atoms with E-state index in [0.717, 1.165) is 11.8 Å². The highest BCUT2D eigenvalue weighted by molar-refractivity contribution is 8.03. The number of methoxy groups -OCH3 is 2. The molecule has 1 N–H and O–H groups in total. The lowest BCUT2D eigenvalue weighted by atomic mass is 10.1. The standard InChI is InChI=1S/C24H17N3O6S/c1-30-17-9-15(10-18(11-17)31-2)22-26-27-24(33-22)34-21(23(28)29)12-16-7-8-20(32-16)19-6-4-3-5-14(19)13-25/h3-12H,1-2H3,(H,28,29)/b21-12-. The van der Waals surface area contributed by atoms with Crippen molar-refractivity contribution >= 4 is 23.8 Å². The van der Waals surface area contributed by atoms with Crippen molar-refractivity contribution in [3.8, 4) is 40.3 Å². The third kappa shape index (κ3) is 4.95. The normalized spacial score (nSPS) is 11.1. The minimum absolute atomic E-state index is 0.0343. The Balaban J connectivity index is 1.59. The number of carboxylic acid groups (broad SMARTS) is 1. The van der Waals surface area contributed by atoms with Gasteiger partial charge in [-0.1, -0.05) is 12.1 Å². The molecule has 0 amide bonds. The molecule has 4 aromatic rings. The van der Waals surface area contributed by atoms with Crippen LogP contribution in [0.1, 0.15) is 11.3 Å². The molecular formula is C24H17N3O6S. The summed E-state index contributed by atoms with van der Waals surface area (Å²) in [6, 6.07) is 17.5. The van der Waals surface area contributed by atoms with Gasteiger partial charge in [-0.25, -0.2) is 4.79 Å². The van der Waals surface area contributed by atoms with Crippen LogP contribution >= 0.6 is 11.8 Å². The third-order valence-electron chi connectivity index (χ3n) is 4.63. The number of nitriles is 1. The molecule has 9 nitrogen and oxygen atoms in total. The Morgan fingerprint density at radius 3 is 2.47 bits per heavy atom. The fourth-order valence-electron chi connectivity index (χ4n) is 3.03. The Morgan fingerprint density at radius 2 is 1.79 bits per heavy atom. The number of ether oxygens (including phenoxy) is 2. The highest BCUT2D eigenvalue weighted by Gasteiger charge is 2.18. The number of nitrogens with zero attached hydrogens (tertiary/aromatic N) is 3. The van der Waals surface area contributed by atoms with Crippen LogP contribution in [0.15, 0.2) is 73.6 Å². The maximum atomic E-state index is 11.8. The van der Waals surface area contributed by atoms with E-state index in [4.69, 9.17) is 18.3 Å². The van der Waals surface area contributed by atoms with E-state index in [0.29, 0.717) is 39.7 Å². The summed E-state index contributed by atoms with van der Waals surface area (Å²) in [6.45, 7) is 0. The van der Waals surface area contributed by atoms with E-state index in [9.17, 15) is 15.2 Å². The number of furan rings is 1. The molecular weight excluding hydrogens is 458 g/mol. The second kappa shape index (κ2) is 9.97. The van der Waals surface area contributed by atoms with Crippen LogP contribution in [0, 0.1) is 11.3 Å². The summed E-state index contributed by atoms with van der Waals surface area (Å²) < 4.78 is 21.9. The van der Waals surface area contributed by atoms with E-state index in [1.54, 1.807) is 54.6 Å². The fourth-order valence-corrected chi connectivity index (χ4v) is 3.68. The summed E-state index contributed by atoms with van der Waals surface area (Å²) in [5.74, 6) is 0.815. The van der Waals surface area contributed by atoms with Gasteiger partial charge in [-0.2, -0.15) is 5.26 Å². The van der Waals surface area contributed by atoms with E-state index in [-0.39, 0.29) is 16.0 Å². The maximum absolute atomic E-state index is 11.8. The lowest BCUT2D eigenvalue weighted by Gasteiger charge is -2.05. The van der Waals surface area contributed by atoms with Gasteiger partial charge in [-0.3, -0.25) is 0 Å². The van der Waals surface area contributed by atoms with Crippen LogP contribution in [0.2, 0.25) is 0 Å². The number of carboxylic acids is 1. The molecule has 0 fully saturated rings. The lowest BCUT2D eigenvalue weighted by Crippen LogP contribution is -1.96. The van der Waals surface area contributed by atoms with Gasteiger partial charge in [-0.05, 0) is 48.2 Å². The molecule has 2 heterocycles. The second-order valence-electron chi connectivity index (χ2n) is 6.75. The first-order valence-electron chi connectivity index (χ1n) is 9.80. The molecule has 0 aliphatic heterocycles. The van der Waals surface area contributed by atoms with Crippen molar-refractivity contribution in [2.45, 2.75) is 5.22 Å². The summed E-state index contributed by atoms with van der Waals surface area (Å²) >= 11 is 0.786. The van der Waals surface area contributed by atoms with Crippen molar-refractivity contribution in [2.75, 3.05) is 14.2 Å². The molecule has 0 bridgehead atoms. The molecule has 10 heteroatoms. The Labute approximate surface area is 198 Å². The van der Waals surface area contributed by atoms with Crippen LogP contribution in [0.5, 0.6) is 11.5 Å². The third-order valence-corrected chi connectivity index (χ3v) is 5.48. The average Bonchev–Trinajstić information content (AvgIpc) is 3.53. The molecule has 170 valence electrons. The molecule has 2 aromatic carbocycles. The van der Waals surface area contributed by atoms with Crippen molar-refractivity contribution in [1.82, 2.24) is 10.2 Å². The Morgan fingerprint density at radius 1 is 1.06 bits per heavy atom. The predicted octanol–water partition coefficient (Wildman–Crippen LogP) is 5.10. The monoisotopic (exact) mass is 475 g/mol. The number of carbonyl (C=O) groups is 1. The summed E-state index contributed by atoms with van der Waals surface area (Å²) in [6.07, 6.45) is 1.35. The summed E-state index contributed by atoms with van der Waals surface area (Å²) in [7, 11) is 3.05. The molecule has 0 radical (unpaired) electrons. The molecule has 0 saturated carbocycles. The average molecular weight is 475 g/mol. The van der Waals surface area contributed by atoms with Gasteiger partial charge >= 0.3 is 5.97 Å². The zero-order valence-corrected chi connectivity index (χ0v) is 18.8. The van der Waals surface area contributed by atoms with E-state index < -0.39 is 5.97 Å². The van der Waals surface area contributed by atoms with Gasteiger partial charge in [0, 0.05) is 23.3 Å². The van der Waals surface area contributed by atoms with Gasteiger partial charge in [0.05, 0.1) is 25.9 Å². The van der Waals surface area contributed by atoms with Crippen LogP contribution < -0.4 is 9.47 Å². The molecule has 0 atom stereocenters. The van der Waals surface area contributed by atoms with E-state index in [1.807, 2.05) is 0 Å². The zero-order chi connectivity index (χ0) is 24.1. The quantitative estimate of drug-likeness (QED) is 0.271. The van der Waals surface area contributed by atoms with Crippen molar-refractivity contribution in [3.05, 3.63) is 70.8 Å². The van der Waals surface area contributed by atoms with E-state index >= 15 is 0 Å². The van der Waals surface area contributed by atoms with Crippen LogP contribution in [-0.4, -0.2) is 35.5 Å². The summed E-state index contributed by atoms with van der Waals surface area (Å²) in [5, 5.41) is 26.9. The molecule has 4 rings (SSSR count). The highest BCUT2D eigenvalue weighted by Crippen LogP contribution is 2.34. The topological polar surface area (TPSA) is 132 Å². The Hall–Kier alpha value is -4.49. The molecule has 0 spiro atoms. The minimum atomic E-state index is -1.19. The number of hydrogen-bond acceptors (Lipinski definition) is 9. The van der Waals surface area contributed by atoms with E-state index in [2.05, 4.69) is 16.3 Å². The Bertz CT molecular complexity index is 1390. The zero-order valence-electron chi connectivity index (χ0n) is 18.0. The van der Waals surface area contributed by atoms with Crippen LogP contribution in [0.4, 0.5) is 0 Å². The lowest BCUT2D eigenvalue weighted by molar-refractivity contribution is -0.131. The number of aromatic nitrogens is 2. The van der Waals surface area contributed by atoms with Crippen molar-refractivity contribution in [1.29, 1.82) is 5.26 Å². The van der Waals surface area contributed by atoms with Crippen molar-refractivity contribution < 1.29 is 28.2 Å². The van der Waals surface area contributed by atoms with Gasteiger partial charge in [0.2, 0.25) is 5.89 Å². The molecule has 34 heavy (non-hydrogen) atoms. The van der Waals surface area contributed by atoms with Crippen molar-refractivity contribution in [3.63, 3.8) is 0 Å². The largest absolute Gasteiger partial charge is 0.497 e. The van der Waals surface area contributed by atoms with Gasteiger partial charge in [-0.15, -0.1) is 10.2 Å². The van der Waals surface area contributed by atoms with Crippen LogP contribution in [0.25, 0.3) is 28.9 Å². The maximum Gasteiger partial charge on any atom is 0.342 e. The van der Waals surface area contributed by atoms with Gasteiger partial charge in [0.15, 0.2) is 0 Å². The molecule has 0 aliphatic rings. The second-order valence-corrected chi connectivity index (χ2v) is 7.74. The molecule has 0 saturated heterocycles. The highest BCUT2D eigenvalue weighted by atomic mass is 32.2. The first kappa shape index (κ1) is 22.7. The first-order chi connectivity index (χ1) is 16.5. The number of aliphatic carboxylic acids is 1. The summed E-state index contributed by atoms with van der Waals surface area (Å²) in [4.78, 5) is 11.7. The van der Waals surface area contributed by atoms with Gasteiger partial charge in [0.1, 0.15) is 27.9 Å². The van der Waals surface area contributed by atoms with Crippen LogP contribution in [0.3, 0.4) is 0 Å². The fraction of sp³-hybridized carbons (Fsp3) is 0.0833. The smallest absolute Gasteiger partial charge is 0.342 e. The van der Waals surface area contributed by atoms with Crippen LogP contribution in [-0.2, 0) is 4.79 Å². The molecule has 0 aliphatic carbocycles. The number of benzene rings is 2. The number of rotatable bonds is 8. The number of hydrogen-bond donors (Lipinski definition) is 1. The predicted molar refractivity (Wildman–Crippen MR) is 123 cm³/mol. The summed E-state index contributed by atoms with van der Waals surface area (Å²) in [5.41, 5.74) is 1.63. The SMILES string of the molecule is COc1cc(OC)cc(-c2nnc(S/C(=C\c3ccc(-c4ccccc4C#N)o3)C(=O)O)o2)c1. The number of thioether (sulfide) groups is 1. The Kier molecular flexibility index (Phi) is 6.66. The molecule has 0 unspecified atom stereocenters. The van der Waals surface area contributed by atoms with Crippen molar-refractivity contribution in [2.24, 2.45) is 0 Å².